The highest BCUT2D eigenvalue weighted by Crippen LogP contribution is 1.97. The topological polar surface area (TPSA) is 64.7 Å². The summed E-state index contributed by atoms with van der Waals surface area (Å²) in [7, 11) is 2.69. The molecule has 0 aromatic rings. The summed E-state index contributed by atoms with van der Waals surface area (Å²) < 4.78 is 10.8. The van der Waals surface area contributed by atoms with Gasteiger partial charge in [-0.1, -0.05) is 6.04 Å². The van der Waals surface area contributed by atoms with Crippen molar-refractivity contribution in [2.24, 2.45) is 5.73 Å². The Morgan fingerprint density at radius 2 is 1.79 bits per heavy atom. The summed E-state index contributed by atoms with van der Waals surface area (Å²) in [5, 5.41) is 0. The Morgan fingerprint density at radius 1 is 1.29 bits per heavy atom. The fraction of sp³-hybridized carbons (Fsp3) is 1.00. The Hall–Kier alpha value is 0.274. The fourth-order valence-corrected chi connectivity index (χ4v) is 2.00. The summed E-state index contributed by atoms with van der Waals surface area (Å²) in [5.41, 5.74) is 5.39. The van der Waals surface area contributed by atoms with E-state index in [1.807, 2.05) is 24.3 Å². The van der Waals surface area contributed by atoms with E-state index in [1.54, 1.807) is 0 Å². The molecule has 0 aliphatic rings. The smallest absolute Gasteiger partial charge is 0.240 e. The third kappa shape index (κ3) is 12.3. The van der Waals surface area contributed by atoms with Gasteiger partial charge in [-0.3, -0.25) is 0 Å². The van der Waals surface area contributed by atoms with Gasteiger partial charge in [0.15, 0.2) is 0 Å². The van der Waals surface area contributed by atoms with Crippen LogP contribution in [-0.2, 0) is 9.47 Å². The second-order valence-corrected chi connectivity index (χ2v) is 3.72. The molecule has 0 spiro atoms. The molecule has 83 valence electrons. The Bertz CT molecular complexity index is 92.7. The zero-order valence-electron chi connectivity index (χ0n) is 8.95. The van der Waals surface area contributed by atoms with Crippen molar-refractivity contribution in [2.45, 2.75) is 32.2 Å². The first-order valence-corrected chi connectivity index (χ1v) is 6.47. The van der Waals surface area contributed by atoms with Gasteiger partial charge in [0.05, 0.1) is 0 Å². The van der Waals surface area contributed by atoms with E-state index in [1.165, 1.54) is 0 Å². The van der Waals surface area contributed by atoms with Gasteiger partial charge in [-0.05, 0) is 26.8 Å². The van der Waals surface area contributed by atoms with Crippen molar-refractivity contribution in [1.29, 1.82) is 0 Å². The molecule has 0 aromatic heterocycles. The molecule has 0 bridgehead atoms. The summed E-state index contributed by atoms with van der Waals surface area (Å²) in [5.74, 6) is 0.00606. The van der Waals surface area contributed by atoms with Crippen LogP contribution in [0.4, 0.5) is 0 Å². The SMILES string of the molecule is CCOC(OCC)[Si]CCCN.O[Si]. The summed E-state index contributed by atoms with van der Waals surface area (Å²) >= 11 is 0. The van der Waals surface area contributed by atoms with Crippen molar-refractivity contribution in [2.75, 3.05) is 19.8 Å². The Balaban J connectivity index is 0. The molecule has 0 fully saturated rings. The largest absolute Gasteiger partial charge is 0.433 e. The van der Waals surface area contributed by atoms with Crippen LogP contribution in [-0.4, -0.2) is 50.5 Å². The molecule has 0 unspecified atom stereocenters. The first-order valence-electron chi connectivity index (χ1n) is 4.74. The van der Waals surface area contributed by atoms with Gasteiger partial charge >= 0.3 is 0 Å². The zero-order valence-corrected chi connectivity index (χ0v) is 11.0. The molecule has 0 atom stereocenters. The van der Waals surface area contributed by atoms with Gasteiger partial charge < -0.3 is 20.0 Å². The van der Waals surface area contributed by atoms with Gasteiger partial charge in [0.1, 0.15) is 15.4 Å². The Labute approximate surface area is 92.5 Å². The number of hydrogen-bond acceptors (Lipinski definition) is 4. The van der Waals surface area contributed by atoms with Crippen LogP contribution >= 0.6 is 0 Å². The van der Waals surface area contributed by atoms with Crippen molar-refractivity contribution in [3.05, 3.63) is 0 Å². The molecular weight excluding hydrogens is 214 g/mol. The minimum absolute atomic E-state index is 0.00606. The van der Waals surface area contributed by atoms with Gasteiger partial charge in [0.25, 0.3) is 0 Å². The van der Waals surface area contributed by atoms with E-state index in [2.05, 4.69) is 0 Å². The molecule has 5 radical (unpaired) electrons. The number of hydrogen-bond donors (Lipinski definition) is 2. The zero-order chi connectivity index (χ0) is 11.2. The average molecular weight is 234 g/mol. The van der Waals surface area contributed by atoms with Gasteiger partial charge in [-0.15, -0.1) is 0 Å². The van der Waals surface area contributed by atoms with Crippen LogP contribution in [0.25, 0.3) is 0 Å². The molecule has 0 saturated carbocycles. The number of ether oxygens (including phenoxy) is 2. The third-order valence-corrected chi connectivity index (χ3v) is 2.64. The highest BCUT2D eigenvalue weighted by molar-refractivity contribution is 6.36. The molecule has 14 heavy (non-hydrogen) atoms. The Kier molecular flexibility index (Phi) is 18.8. The van der Waals surface area contributed by atoms with Crippen LogP contribution in [0.2, 0.25) is 6.04 Å². The van der Waals surface area contributed by atoms with Gasteiger partial charge in [0, 0.05) is 13.2 Å². The van der Waals surface area contributed by atoms with Gasteiger partial charge in [-0.25, -0.2) is 0 Å². The van der Waals surface area contributed by atoms with E-state index >= 15 is 0 Å². The maximum absolute atomic E-state index is 6.81. The lowest BCUT2D eigenvalue weighted by atomic mass is 10.5. The fourth-order valence-electron chi connectivity index (χ4n) is 0.791. The van der Waals surface area contributed by atoms with E-state index in [4.69, 9.17) is 20.0 Å². The monoisotopic (exact) mass is 234 g/mol. The van der Waals surface area contributed by atoms with Crippen molar-refractivity contribution in [3.63, 3.8) is 0 Å². The minimum Gasteiger partial charge on any atom is -0.433 e. The first-order chi connectivity index (χ1) is 6.85. The molecule has 0 rings (SSSR count). The minimum atomic E-state index is 0.00606. The summed E-state index contributed by atoms with van der Waals surface area (Å²) in [6.07, 6.45) is 1.06. The van der Waals surface area contributed by atoms with E-state index in [-0.39, 0.29) is 5.91 Å². The lowest BCUT2D eigenvalue weighted by Crippen LogP contribution is -2.24. The molecular formula is C8H20NO3Si2. The van der Waals surface area contributed by atoms with E-state index in [0.29, 0.717) is 0 Å². The van der Waals surface area contributed by atoms with Gasteiger partial charge in [0.2, 0.25) is 10.5 Å². The Morgan fingerprint density at radius 3 is 2.14 bits per heavy atom. The normalized spacial score (nSPS) is 9.86. The average Bonchev–Trinajstić information content (AvgIpc) is 2.22. The molecule has 0 saturated heterocycles. The second kappa shape index (κ2) is 15.7. The lowest BCUT2D eigenvalue weighted by Gasteiger charge is -2.15. The molecule has 0 aliphatic heterocycles. The molecule has 3 N–H and O–H groups in total. The standard InChI is InChI=1S/C8H19NO2Si.HOSi/c1-3-10-8(11-4-2)12-7-5-6-9;1-2/h8H,3-7,9H2,1-2H3;1H. The van der Waals surface area contributed by atoms with Crippen LogP contribution in [0.3, 0.4) is 0 Å². The highest BCUT2D eigenvalue weighted by atomic mass is 28.2. The van der Waals surface area contributed by atoms with Crippen LogP contribution in [0.1, 0.15) is 20.3 Å². The highest BCUT2D eigenvalue weighted by Gasteiger charge is 2.07. The molecule has 4 nitrogen and oxygen atoms in total. The molecule has 0 aromatic carbocycles. The summed E-state index contributed by atoms with van der Waals surface area (Å²) in [6.45, 7) is 6.18. The van der Waals surface area contributed by atoms with E-state index < -0.39 is 0 Å². The number of nitrogens with two attached hydrogens (primary N) is 1. The second-order valence-electron chi connectivity index (χ2n) is 2.34. The first kappa shape index (κ1) is 16.7. The summed E-state index contributed by atoms with van der Waals surface area (Å²) in [4.78, 5) is 6.81. The predicted octanol–water partition coefficient (Wildman–Crippen LogP) is -0.123. The van der Waals surface area contributed by atoms with Crippen molar-refractivity contribution in [1.82, 2.24) is 0 Å². The van der Waals surface area contributed by atoms with Gasteiger partial charge in [-0.2, -0.15) is 0 Å². The van der Waals surface area contributed by atoms with Crippen molar-refractivity contribution >= 4 is 20.0 Å². The van der Waals surface area contributed by atoms with Crippen LogP contribution in [0.15, 0.2) is 0 Å². The third-order valence-electron chi connectivity index (χ3n) is 1.33. The summed E-state index contributed by atoms with van der Waals surface area (Å²) in [6, 6.07) is 1.11. The molecule has 0 aliphatic carbocycles. The van der Waals surface area contributed by atoms with Crippen LogP contribution in [0, 0.1) is 0 Å². The number of rotatable bonds is 8. The van der Waals surface area contributed by atoms with Crippen molar-refractivity contribution in [3.8, 4) is 0 Å². The lowest BCUT2D eigenvalue weighted by molar-refractivity contribution is -0.0827. The van der Waals surface area contributed by atoms with E-state index in [0.717, 1.165) is 41.7 Å². The molecule has 6 heteroatoms. The van der Waals surface area contributed by atoms with Crippen LogP contribution in [0.5, 0.6) is 0 Å². The van der Waals surface area contributed by atoms with Crippen LogP contribution < -0.4 is 5.73 Å². The predicted molar refractivity (Wildman–Crippen MR) is 59.2 cm³/mol. The molecule has 0 amide bonds. The van der Waals surface area contributed by atoms with Crippen molar-refractivity contribution < 1.29 is 14.3 Å². The molecule has 0 heterocycles. The quantitative estimate of drug-likeness (QED) is 0.349. The van der Waals surface area contributed by atoms with E-state index in [9.17, 15) is 0 Å². The maximum Gasteiger partial charge on any atom is 0.240 e. The maximum atomic E-state index is 6.81.